The summed E-state index contributed by atoms with van der Waals surface area (Å²) in [6.07, 6.45) is 2.23. The minimum Gasteiger partial charge on any atom is -0.363 e. The Balaban J connectivity index is 1.52. The first-order valence-electron chi connectivity index (χ1n) is 15.4. The average Bonchev–Trinajstić information content (AvgIpc) is 3.77. The maximum atomic E-state index is 14.2. The number of benzene rings is 1. The number of urea groups is 1. The van der Waals surface area contributed by atoms with Crippen molar-refractivity contribution in [2.24, 2.45) is 34.3 Å². The van der Waals surface area contributed by atoms with Crippen molar-refractivity contribution in [1.82, 2.24) is 20.9 Å². The van der Waals surface area contributed by atoms with E-state index in [0.29, 0.717) is 13.0 Å². The van der Waals surface area contributed by atoms with E-state index in [1.165, 1.54) is 0 Å². The van der Waals surface area contributed by atoms with Crippen LogP contribution in [0.15, 0.2) is 30.3 Å². The number of amides is 5. The van der Waals surface area contributed by atoms with Gasteiger partial charge in [0.1, 0.15) is 12.1 Å². The van der Waals surface area contributed by atoms with Gasteiger partial charge in [-0.1, -0.05) is 84.7 Å². The summed E-state index contributed by atoms with van der Waals surface area (Å²) in [5, 5.41) is 8.77. The summed E-state index contributed by atoms with van der Waals surface area (Å²) in [6.45, 7) is 16.1. The number of nitrogens with one attached hydrogen (secondary N) is 3. The second-order valence-electron chi connectivity index (χ2n) is 15.1. The highest BCUT2D eigenvalue weighted by molar-refractivity contribution is 6.37. The molecule has 43 heavy (non-hydrogen) atoms. The number of likely N-dealkylation sites (tertiary alicyclic amines) is 1. The third-order valence-corrected chi connectivity index (χ3v) is 10.1. The fraction of sp³-hybridized carbons (Fsp3) is 0.667. The Morgan fingerprint density at radius 2 is 1.60 bits per heavy atom. The van der Waals surface area contributed by atoms with Gasteiger partial charge < -0.3 is 26.6 Å². The van der Waals surface area contributed by atoms with Crippen molar-refractivity contribution in [1.29, 1.82) is 0 Å². The second-order valence-corrected chi connectivity index (χ2v) is 15.1. The number of Topliss-reactive ketones (excluding diaryl/α,β-unsaturated/α-hetero) is 1. The van der Waals surface area contributed by atoms with E-state index in [9.17, 15) is 24.0 Å². The first-order chi connectivity index (χ1) is 19.9. The number of hydrogen-bond donors (Lipinski definition) is 4. The lowest BCUT2D eigenvalue weighted by Gasteiger charge is -2.39. The van der Waals surface area contributed by atoms with Gasteiger partial charge in [0.05, 0.1) is 6.04 Å². The number of fused-ring (bicyclic) bond motifs is 1. The van der Waals surface area contributed by atoms with Crippen LogP contribution in [0.5, 0.6) is 0 Å². The SMILES string of the molecule is CC(c1ccccc1)C(C)(C)NC(=O)N[C@H](C(=O)N1C[C@H]2[C@@H]([C@H]1C(=O)NC(CC1CC1)C(=O)C(N)=O)C2(C)C)C(C)(C)C. The normalized spacial score (nSPS) is 24.7. The zero-order chi connectivity index (χ0) is 32.1. The molecule has 1 aromatic carbocycles. The Labute approximate surface area is 255 Å². The Bertz CT molecular complexity index is 1270. The van der Waals surface area contributed by atoms with E-state index in [1.807, 2.05) is 71.9 Å². The monoisotopic (exact) mass is 595 g/mol. The summed E-state index contributed by atoms with van der Waals surface area (Å²) in [6, 6.07) is 6.69. The number of carbonyl (C=O) groups is 5. The van der Waals surface area contributed by atoms with E-state index >= 15 is 0 Å². The van der Waals surface area contributed by atoms with E-state index in [1.54, 1.807) is 4.90 Å². The van der Waals surface area contributed by atoms with E-state index in [-0.39, 0.29) is 35.0 Å². The van der Waals surface area contributed by atoms with Gasteiger partial charge in [-0.3, -0.25) is 19.2 Å². The van der Waals surface area contributed by atoms with Crippen LogP contribution in [-0.4, -0.2) is 64.6 Å². The Morgan fingerprint density at radius 1 is 1.00 bits per heavy atom. The molecular formula is C33H49N5O5. The Morgan fingerprint density at radius 3 is 2.14 bits per heavy atom. The molecule has 10 nitrogen and oxygen atoms in total. The summed E-state index contributed by atoms with van der Waals surface area (Å²) in [5.74, 6) is -2.43. The number of ketones is 1. The molecule has 0 bridgehead atoms. The summed E-state index contributed by atoms with van der Waals surface area (Å²) in [7, 11) is 0. The van der Waals surface area contributed by atoms with E-state index < -0.39 is 52.7 Å². The quantitative estimate of drug-likeness (QED) is 0.290. The van der Waals surface area contributed by atoms with Crippen LogP contribution in [0.2, 0.25) is 0 Å². The Kier molecular flexibility index (Phi) is 8.75. The minimum atomic E-state index is -1.08. The molecule has 2 unspecified atom stereocenters. The third kappa shape index (κ3) is 6.88. The summed E-state index contributed by atoms with van der Waals surface area (Å²) >= 11 is 0. The molecule has 1 aromatic rings. The molecule has 0 radical (unpaired) electrons. The molecule has 10 heteroatoms. The van der Waals surface area contributed by atoms with Gasteiger partial charge in [-0.15, -0.1) is 0 Å². The van der Waals surface area contributed by atoms with Gasteiger partial charge in [0.15, 0.2) is 0 Å². The van der Waals surface area contributed by atoms with Gasteiger partial charge in [-0.25, -0.2) is 4.79 Å². The molecule has 3 fully saturated rings. The van der Waals surface area contributed by atoms with Crippen LogP contribution < -0.4 is 21.7 Å². The molecule has 5 N–H and O–H groups in total. The van der Waals surface area contributed by atoms with E-state index in [2.05, 4.69) is 29.8 Å². The molecule has 0 aromatic heterocycles. The van der Waals surface area contributed by atoms with Crippen LogP contribution in [0, 0.1) is 28.6 Å². The number of nitrogens with zero attached hydrogens (tertiary/aromatic N) is 1. The smallest absolute Gasteiger partial charge is 0.315 e. The lowest BCUT2D eigenvalue weighted by atomic mass is 9.83. The molecule has 2 aliphatic carbocycles. The largest absolute Gasteiger partial charge is 0.363 e. The third-order valence-electron chi connectivity index (χ3n) is 10.1. The molecule has 1 heterocycles. The van der Waals surface area contributed by atoms with Crippen LogP contribution in [-0.2, 0) is 19.2 Å². The van der Waals surface area contributed by atoms with Gasteiger partial charge in [-0.2, -0.15) is 0 Å². The van der Waals surface area contributed by atoms with Crippen molar-refractivity contribution in [2.45, 2.75) is 104 Å². The molecule has 3 aliphatic rings. The maximum absolute atomic E-state index is 14.2. The van der Waals surface area contributed by atoms with Gasteiger partial charge in [0.2, 0.25) is 17.6 Å². The maximum Gasteiger partial charge on any atom is 0.315 e. The first-order valence-corrected chi connectivity index (χ1v) is 15.4. The lowest BCUT2D eigenvalue weighted by Crippen LogP contribution is -2.62. The fourth-order valence-electron chi connectivity index (χ4n) is 6.70. The minimum absolute atomic E-state index is 0.00376. The molecular weight excluding hydrogens is 546 g/mol. The highest BCUT2D eigenvalue weighted by Crippen LogP contribution is 2.65. The van der Waals surface area contributed by atoms with Crippen LogP contribution in [0.4, 0.5) is 4.79 Å². The molecule has 4 rings (SSSR count). The van der Waals surface area contributed by atoms with Crippen LogP contribution in [0.25, 0.3) is 0 Å². The Hall–Kier alpha value is -3.43. The number of hydrogen-bond acceptors (Lipinski definition) is 5. The van der Waals surface area contributed by atoms with Crippen molar-refractivity contribution in [3.8, 4) is 0 Å². The molecule has 5 amide bonds. The molecule has 6 atom stereocenters. The van der Waals surface area contributed by atoms with Crippen molar-refractivity contribution >= 4 is 29.5 Å². The molecule has 0 spiro atoms. The summed E-state index contributed by atoms with van der Waals surface area (Å²) in [5.41, 5.74) is 4.94. The number of piperidine rings is 1. The van der Waals surface area contributed by atoms with E-state index in [4.69, 9.17) is 5.73 Å². The number of carbonyl (C=O) groups excluding carboxylic acids is 5. The first kappa shape index (κ1) is 32.5. The van der Waals surface area contributed by atoms with Crippen molar-refractivity contribution in [2.75, 3.05) is 6.54 Å². The van der Waals surface area contributed by atoms with Crippen molar-refractivity contribution in [3.63, 3.8) is 0 Å². The topological polar surface area (TPSA) is 151 Å². The highest BCUT2D eigenvalue weighted by Gasteiger charge is 2.70. The molecule has 1 saturated heterocycles. The van der Waals surface area contributed by atoms with Gasteiger partial charge in [0.25, 0.3) is 5.91 Å². The van der Waals surface area contributed by atoms with Gasteiger partial charge >= 0.3 is 6.03 Å². The van der Waals surface area contributed by atoms with Crippen LogP contribution in [0.3, 0.4) is 0 Å². The predicted molar refractivity (Wildman–Crippen MR) is 164 cm³/mol. The van der Waals surface area contributed by atoms with Crippen molar-refractivity contribution in [3.05, 3.63) is 35.9 Å². The van der Waals surface area contributed by atoms with Crippen LogP contribution >= 0.6 is 0 Å². The lowest BCUT2D eigenvalue weighted by molar-refractivity contribution is -0.145. The van der Waals surface area contributed by atoms with Crippen LogP contribution in [0.1, 0.15) is 86.1 Å². The van der Waals surface area contributed by atoms with Gasteiger partial charge in [0, 0.05) is 18.0 Å². The van der Waals surface area contributed by atoms with Crippen molar-refractivity contribution < 1.29 is 24.0 Å². The highest BCUT2D eigenvalue weighted by atomic mass is 16.2. The number of primary amides is 1. The second kappa shape index (κ2) is 11.6. The molecule has 2 saturated carbocycles. The van der Waals surface area contributed by atoms with Gasteiger partial charge in [-0.05, 0) is 54.4 Å². The summed E-state index contributed by atoms with van der Waals surface area (Å²) < 4.78 is 0. The standard InChI is InChI=1S/C33H49N5O5/c1-18(20-12-10-9-11-13-20)33(7,8)37-30(43)36-26(31(2,3)4)29(42)38-17-21-23(32(21,5)6)24(38)28(41)35-22(16-19-14-15-19)25(39)27(34)40/h9-13,18-19,21-24,26H,14-17H2,1-8H3,(H2,34,40)(H,35,41)(H2,36,37,43)/t18?,21-,22?,23-,24-,26+/m0/s1. The zero-order valence-electron chi connectivity index (χ0n) is 26.8. The average molecular weight is 596 g/mol. The summed E-state index contributed by atoms with van der Waals surface area (Å²) in [4.78, 5) is 67.3. The predicted octanol–water partition coefficient (Wildman–Crippen LogP) is 3.10. The fourth-order valence-corrected chi connectivity index (χ4v) is 6.70. The van der Waals surface area contributed by atoms with E-state index in [0.717, 1.165) is 18.4 Å². The zero-order valence-corrected chi connectivity index (χ0v) is 26.8. The number of rotatable bonds is 11. The molecule has 1 aliphatic heterocycles. The molecule has 236 valence electrons. The number of nitrogens with two attached hydrogens (primary N) is 1.